The van der Waals surface area contributed by atoms with Gasteiger partial charge in [-0.2, -0.15) is 0 Å². The molecule has 1 atom stereocenters. The van der Waals surface area contributed by atoms with Crippen LogP contribution in [0, 0.1) is 0 Å². The average molecular weight is 539 g/mol. The van der Waals surface area contributed by atoms with Gasteiger partial charge in [0.15, 0.2) is 11.5 Å². The van der Waals surface area contributed by atoms with E-state index in [0.29, 0.717) is 50.0 Å². The van der Waals surface area contributed by atoms with Crippen molar-refractivity contribution in [1.82, 2.24) is 19.4 Å². The van der Waals surface area contributed by atoms with E-state index in [-0.39, 0.29) is 25.7 Å². The summed E-state index contributed by atoms with van der Waals surface area (Å²) in [6, 6.07) is 15.3. The van der Waals surface area contributed by atoms with Crippen LogP contribution in [0.2, 0.25) is 0 Å². The van der Waals surface area contributed by atoms with E-state index in [4.69, 9.17) is 18.9 Å². The lowest BCUT2D eigenvalue weighted by molar-refractivity contribution is -0.138. The molecule has 1 N–H and O–H groups in total. The molecule has 1 aliphatic rings. The molecular weight excluding hydrogens is 500 g/mol. The highest BCUT2D eigenvalue weighted by Crippen LogP contribution is 2.29. The predicted octanol–water partition coefficient (Wildman–Crippen LogP) is 2.46. The van der Waals surface area contributed by atoms with Crippen molar-refractivity contribution < 1.29 is 28.8 Å². The topological polar surface area (TPSA) is 98.5 Å². The normalized spacial score (nSPS) is 18.0. The third kappa shape index (κ3) is 8.44. The van der Waals surface area contributed by atoms with Gasteiger partial charge in [-0.1, -0.05) is 24.3 Å². The summed E-state index contributed by atoms with van der Waals surface area (Å²) in [4.78, 5) is 20.5. The number of aliphatic hydroxyl groups is 1. The number of methoxy groups -OCH3 is 2. The summed E-state index contributed by atoms with van der Waals surface area (Å²) >= 11 is 0. The van der Waals surface area contributed by atoms with E-state index in [0.717, 1.165) is 18.5 Å². The van der Waals surface area contributed by atoms with Gasteiger partial charge in [0.25, 0.3) is 0 Å². The van der Waals surface area contributed by atoms with Crippen molar-refractivity contribution in [3.63, 3.8) is 0 Å². The number of hydrogen-bond acceptors (Lipinski definition) is 8. The van der Waals surface area contributed by atoms with Gasteiger partial charge >= 0.3 is 0 Å². The fraction of sp³-hybridized carbons (Fsp3) is 0.448. The minimum absolute atomic E-state index is 0.0311. The Bertz CT molecular complexity index is 1160. The van der Waals surface area contributed by atoms with Crippen LogP contribution >= 0.6 is 0 Å². The van der Waals surface area contributed by atoms with Crippen molar-refractivity contribution in [3.8, 4) is 17.2 Å². The molecule has 0 aliphatic carbocycles. The van der Waals surface area contributed by atoms with Gasteiger partial charge in [0, 0.05) is 52.2 Å². The van der Waals surface area contributed by atoms with E-state index >= 15 is 0 Å². The summed E-state index contributed by atoms with van der Waals surface area (Å²) in [5, 5.41) is 11.6. The molecule has 10 heteroatoms. The largest absolute Gasteiger partial charge is 0.493 e. The second kappa shape index (κ2) is 14.0. The van der Waals surface area contributed by atoms with Crippen LogP contribution in [0.4, 0.5) is 0 Å². The standard InChI is InChI=1S/C29H38N4O6/c1-36-19-28(34)33-15-14-32(20-29(35,21-33)22-39-25-7-4-3-5-8-25)18-24-9-10-26(27(17-24)37-2)38-16-6-12-31-13-11-30-23-31/h3-5,7-11,13,17,23,35H,6,12,14-16,18-22H2,1-2H3. The Balaban J connectivity index is 1.40. The molecule has 3 aromatic rings. The molecule has 210 valence electrons. The molecule has 1 unspecified atom stereocenters. The van der Waals surface area contributed by atoms with E-state index in [2.05, 4.69) is 9.88 Å². The number of β-amino-alcohol motifs (C(OH)–C–C–N with tert-alkyl or cyclic N) is 1. The number of carbonyl (C=O) groups is 1. The molecule has 39 heavy (non-hydrogen) atoms. The number of para-hydroxylation sites is 1. The summed E-state index contributed by atoms with van der Waals surface area (Å²) in [7, 11) is 3.12. The Morgan fingerprint density at radius 1 is 1.05 bits per heavy atom. The monoisotopic (exact) mass is 538 g/mol. The SMILES string of the molecule is COCC(=O)N1CCN(Cc2ccc(OCCCn3ccnc3)c(OC)c2)CC(O)(COc2ccccc2)C1. The molecule has 0 radical (unpaired) electrons. The van der Waals surface area contributed by atoms with Crippen LogP contribution in [0.1, 0.15) is 12.0 Å². The smallest absolute Gasteiger partial charge is 0.248 e. The fourth-order valence-corrected chi connectivity index (χ4v) is 4.67. The van der Waals surface area contributed by atoms with E-state index in [1.54, 1.807) is 24.5 Å². The van der Waals surface area contributed by atoms with Gasteiger partial charge in [-0.25, -0.2) is 4.98 Å². The number of nitrogens with zero attached hydrogens (tertiary/aromatic N) is 4. The van der Waals surface area contributed by atoms with Crippen molar-refractivity contribution >= 4 is 5.91 Å². The molecule has 2 aromatic carbocycles. The maximum Gasteiger partial charge on any atom is 0.248 e. The summed E-state index contributed by atoms with van der Waals surface area (Å²) in [5.74, 6) is 1.85. The molecule has 1 aliphatic heterocycles. The second-order valence-corrected chi connectivity index (χ2v) is 9.77. The Labute approximate surface area is 229 Å². The van der Waals surface area contributed by atoms with E-state index < -0.39 is 5.60 Å². The first-order valence-electron chi connectivity index (χ1n) is 13.1. The quantitative estimate of drug-likeness (QED) is 0.332. The Morgan fingerprint density at radius 3 is 2.64 bits per heavy atom. The molecule has 1 amide bonds. The molecule has 0 bridgehead atoms. The zero-order chi connectivity index (χ0) is 27.5. The summed E-state index contributed by atoms with van der Waals surface area (Å²) in [6.07, 6.45) is 6.33. The Morgan fingerprint density at radius 2 is 1.90 bits per heavy atom. The average Bonchev–Trinajstić information content (AvgIpc) is 3.41. The van der Waals surface area contributed by atoms with Crippen molar-refractivity contribution in [1.29, 1.82) is 0 Å². The van der Waals surface area contributed by atoms with E-state index in [9.17, 15) is 9.90 Å². The zero-order valence-corrected chi connectivity index (χ0v) is 22.7. The number of ether oxygens (including phenoxy) is 4. The molecule has 1 fully saturated rings. The molecule has 2 heterocycles. The molecule has 1 saturated heterocycles. The minimum Gasteiger partial charge on any atom is -0.493 e. The van der Waals surface area contributed by atoms with Crippen LogP contribution in [0.25, 0.3) is 0 Å². The second-order valence-electron chi connectivity index (χ2n) is 9.77. The Hall–Kier alpha value is -3.60. The van der Waals surface area contributed by atoms with Crippen molar-refractivity contribution in [2.24, 2.45) is 0 Å². The number of aryl methyl sites for hydroxylation is 1. The third-order valence-corrected chi connectivity index (χ3v) is 6.57. The highest BCUT2D eigenvalue weighted by atomic mass is 16.5. The van der Waals surface area contributed by atoms with Gasteiger partial charge in [0.05, 0.1) is 26.6 Å². The molecule has 0 saturated carbocycles. The van der Waals surface area contributed by atoms with Crippen LogP contribution in [0.15, 0.2) is 67.3 Å². The highest BCUT2D eigenvalue weighted by Gasteiger charge is 2.37. The summed E-state index contributed by atoms with van der Waals surface area (Å²) < 4.78 is 24.6. The maximum absolute atomic E-state index is 12.7. The van der Waals surface area contributed by atoms with E-state index in [1.165, 1.54) is 7.11 Å². The van der Waals surface area contributed by atoms with Crippen LogP contribution in [0.5, 0.6) is 17.2 Å². The van der Waals surface area contributed by atoms with Crippen molar-refractivity contribution in [2.75, 3.05) is 60.2 Å². The van der Waals surface area contributed by atoms with Gasteiger partial charge in [-0.3, -0.25) is 9.69 Å². The molecular formula is C29H38N4O6. The lowest BCUT2D eigenvalue weighted by Crippen LogP contribution is -2.52. The Kier molecular flexibility index (Phi) is 10.2. The summed E-state index contributed by atoms with van der Waals surface area (Å²) in [5.41, 5.74) is -0.251. The molecule has 10 nitrogen and oxygen atoms in total. The predicted molar refractivity (Wildman–Crippen MR) is 146 cm³/mol. The molecule has 4 rings (SSSR count). The van der Waals surface area contributed by atoms with Gasteiger partial charge in [0.1, 0.15) is 24.6 Å². The van der Waals surface area contributed by atoms with Crippen LogP contribution in [-0.2, 0) is 22.6 Å². The molecule has 0 spiro atoms. The number of aromatic nitrogens is 2. The number of amides is 1. The van der Waals surface area contributed by atoms with Crippen molar-refractivity contribution in [2.45, 2.75) is 25.1 Å². The number of hydrogen-bond donors (Lipinski definition) is 1. The van der Waals surface area contributed by atoms with Gasteiger partial charge in [0.2, 0.25) is 5.91 Å². The number of rotatable bonds is 13. The number of benzene rings is 2. The van der Waals surface area contributed by atoms with Crippen LogP contribution < -0.4 is 14.2 Å². The van der Waals surface area contributed by atoms with Gasteiger partial charge < -0.3 is 33.5 Å². The zero-order valence-electron chi connectivity index (χ0n) is 22.7. The van der Waals surface area contributed by atoms with Gasteiger partial charge in [-0.05, 0) is 36.2 Å². The number of carbonyl (C=O) groups excluding carboxylic acids is 1. The molecule has 1 aromatic heterocycles. The number of imidazole rings is 1. The highest BCUT2D eigenvalue weighted by molar-refractivity contribution is 5.77. The summed E-state index contributed by atoms with van der Waals surface area (Å²) in [6.45, 7) is 3.55. The van der Waals surface area contributed by atoms with Crippen LogP contribution in [0.3, 0.4) is 0 Å². The minimum atomic E-state index is -1.27. The van der Waals surface area contributed by atoms with Crippen molar-refractivity contribution in [3.05, 3.63) is 72.8 Å². The lowest BCUT2D eigenvalue weighted by atomic mass is 10.0. The van der Waals surface area contributed by atoms with E-state index in [1.807, 2.05) is 59.3 Å². The third-order valence-electron chi connectivity index (χ3n) is 6.57. The van der Waals surface area contributed by atoms with Gasteiger partial charge in [-0.15, -0.1) is 0 Å². The van der Waals surface area contributed by atoms with Crippen LogP contribution in [-0.4, -0.2) is 96.2 Å². The fourth-order valence-electron chi connectivity index (χ4n) is 4.67. The first-order chi connectivity index (χ1) is 19.0. The maximum atomic E-state index is 12.7. The first-order valence-corrected chi connectivity index (χ1v) is 13.1. The first kappa shape index (κ1) is 28.4. The lowest BCUT2D eigenvalue weighted by Gasteiger charge is -2.33.